The molecular formula is C18H15ClFNO3S. The van der Waals surface area contributed by atoms with E-state index in [9.17, 15) is 12.8 Å². The van der Waals surface area contributed by atoms with Gasteiger partial charge in [-0.05, 0) is 54.1 Å². The first kappa shape index (κ1) is 17.7. The molecule has 0 radical (unpaired) electrons. The van der Waals surface area contributed by atoms with E-state index < -0.39 is 15.8 Å². The molecule has 7 heteroatoms. The molecular weight excluding hydrogens is 365 g/mol. The SMILES string of the molecule is O=S(=O)(c1ccc(Cl)cc1)N(Cc1cccc(F)c1)Cc1ccco1. The summed E-state index contributed by atoms with van der Waals surface area (Å²) >= 11 is 5.84. The average molecular weight is 380 g/mol. The molecule has 25 heavy (non-hydrogen) atoms. The second-order valence-corrected chi connectivity index (χ2v) is 7.81. The largest absolute Gasteiger partial charge is 0.468 e. The number of sulfonamides is 1. The Kier molecular flexibility index (Phi) is 5.22. The van der Waals surface area contributed by atoms with Gasteiger partial charge in [0.15, 0.2) is 0 Å². The van der Waals surface area contributed by atoms with Crippen LogP contribution >= 0.6 is 11.6 Å². The molecule has 0 aliphatic rings. The molecule has 0 saturated carbocycles. The standard InChI is InChI=1S/C18H15ClFNO3S/c19-15-6-8-18(9-7-15)25(22,23)21(13-17-5-2-10-24-17)12-14-3-1-4-16(20)11-14/h1-11H,12-13H2. The number of benzene rings is 2. The Labute approximate surface area is 150 Å². The number of hydrogen-bond acceptors (Lipinski definition) is 3. The van der Waals surface area contributed by atoms with Crippen molar-refractivity contribution in [1.29, 1.82) is 0 Å². The van der Waals surface area contributed by atoms with Crippen molar-refractivity contribution in [3.8, 4) is 0 Å². The van der Waals surface area contributed by atoms with Crippen LogP contribution in [0.1, 0.15) is 11.3 Å². The highest BCUT2D eigenvalue weighted by Gasteiger charge is 2.26. The van der Waals surface area contributed by atoms with Crippen LogP contribution in [-0.2, 0) is 23.1 Å². The van der Waals surface area contributed by atoms with Crippen LogP contribution in [-0.4, -0.2) is 12.7 Å². The molecule has 0 aliphatic carbocycles. The van der Waals surface area contributed by atoms with Crippen LogP contribution in [0.5, 0.6) is 0 Å². The van der Waals surface area contributed by atoms with E-state index in [0.717, 1.165) is 0 Å². The van der Waals surface area contributed by atoms with E-state index in [1.807, 2.05) is 0 Å². The molecule has 0 aliphatic heterocycles. The van der Waals surface area contributed by atoms with Gasteiger partial charge in [-0.1, -0.05) is 23.7 Å². The summed E-state index contributed by atoms with van der Waals surface area (Å²) in [4.78, 5) is 0.111. The summed E-state index contributed by atoms with van der Waals surface area (Å²) < 4.78 is 46.0. The number of nitrogens with zero attached hydrogens (tertiary/aromatic N) is 1. The third kappa shape index (κ3) is 4.28. The lowest BCUT2D eigenvalue weighted by atomic mass is 10.2. The van der Waals surface area contributed by atoms with Gasteiger partial charge in [-0.3, -0.25) is 0 Å². The normalized spacial score (nSPS) is 11.8. The Morgan fingerprint density at radius 2 is 1.76 bits per heavy atom. The molecule has 3 aromatic rings. The second-order valence-electron chi connectivity index (χ2n) is 5.44. The van der Waals surface area contributed by atoms with E-state index in [1.165, 1.54) is 47.0 Å². The third-order valence-electron chi connectivity index (χ3n) is 3.61. The molecule has 0 saturated heterocycles. The van der Waals surface area contributed by atoms with Crippen LogP contribution in [0.25, 0.3) is 0 Å². The Morgan fingerprint density at radius 1 is 1.00 bits per heavy atom. The van der Waals surface area contributed by atoms with Crippen LogP contribution in [0.15, 0.2) is 76.2 Å². The van der Waals surface area contributed by atoms with E-state index in [-0.39, 0.29) is 18.0 Å². The molecule has 0 spiro atoms. The fourth-order valence-electron chi connectivity index (χ4n) is 2.40. The highest BCUT2D eigenvalue weighted by molar-refractivity contribution is 7.89. The molecule has 0 atom stereocenters. The molecule has 1 aromatic heterocycles. The van der Waals surface area contributed by atoms with Gasteiger partial charge in [0.1, 0.15) is 11.6 Å². The summed E-state index contributed by atoms with van der Waals surface area (Å²) in [6, 6.07) is 15.1. The minimum absolute atomic E-state index is 0.0173. The first-order valence-electron chi connectivity index (χ1n) is 7.48. The summed E-state index contributed by atoms with van der Waals surface area (Å²) in [5.74, 6) is 0.0771. The maximum absolute atomic E-state index is 13.5. The van der Waals surface area contributed by atoms with E-state index in [0.29, 0.717) is 16.3 Å². The molecule has 2 aromatic carbocycles. The Hall–Kier alpha value is -2.15. The van der Waals surface area contributed by atoms with E-state index in [2.05, 4.69) is 0 Å². The van der Waals surface area contributed by atoms with Gasteiger partial charge in [0, 0.05) is 11.6 Å². The van der Waals surface area contributed by atoms with Gasteiger partial charge >= 0.3 is 0 Å². The summed E-state index contributed by atoms with van der Waals surface area (Å²) in [6.07, 6.45) is 1.48. The molecule has 130 valence electrons. The Balaban J connectivity index is 1.96. The lowest BCUT2D eigenvalue weighted by Gasteiger charge is -2.21. The number of halogens is 2. The maximum Gasteiger partial charge on any atom is 0.243 e. The molecule has 0 amide bonds. The molecule has 1 heterocycles. The number of hydrogen-bond donors (Lipinski definition) is 0. The van der Waals surface area contributed by atoms with Crippen LogP contribution in [0.3, 0.4) is 0 Å². The number of furan rings is 1. The molecule has 0 unspecified atom stereocenters. The van der Waals surface area contributed by atoms with Gasteiger partial charge in [0.05, 0.1) is 17.7 Å². The van der Waals surface area contributed by atoms with Crippen molar-refractivity contribution in [3.63, 3.8) is 0 Å². The van der Waals surface area contributed by atoms with Crippen molar-refractivity contribution in [3.05, 3.63) is 89.1 Å². The average Bonchev–Trinajstić information content (AvgIpc) is 3.08. The predicted octanol–water partition coefficient (Wildman–Crippen LogP) is 4.46. The number of rotatable bonds is 6. The molecule has 3 rings (SSSR count). The van der Waals surface area contributed by atoms with Crippen LogP contribution < -0.4 is 0 Å². The first-order chi connectivity index (χ1) is 11.9. The lowest BCUT2D eigenvalue weighted by Crippen LogP contribution is -2.30. The van der Waals surface area contributed by atoms with Crippen LogP contribution in [0.2, 0.25) is 5.02 Å². The molecule has 0 bridgehead atoms. The maximum atomic E-state index is 13.5. The van der Waals surface area contributed by atoms with Gasteiger partial charge in [-0.15, -0.1) is 0 Å². The Morgan fingerprint density at radius 3 is 2.40 bits per heavy atom. The van der Waals surface area contributed by atoms with Crippen molar-refractivity contribution < 1.29 is 17.2 Å². The topological polar surface area (TPSA) is 50.5 Å². The predicted molar refractivity (Wildman–Crippen MR) is 93.0 cm³/mol. The minimum Gasteiger partial charge on any atom is -0.468 e. The monoisotopic (exact) mass is 379 g/mol. The van der Waals surface area contributed by atoms with E-state index in [4.69, 9.17) is 16.0 Å². The fraction of sp³-hybridized carbons (Fsp3) is 0.111. The van der Waals surface area contributed by atoms with Crippen molar-refractivity contribution >= 4 is 21.6 Å². The van der Waals surface area contributed by atoms with Crippen molar-refractivity contribution in [1.82, 2.24) is 4.31 Å². The van der Waals surface area contributed by atoms with Crippen molar-refractivity contribution in [2.24, 2.45) is 0 Å². The summed E-state index contributed by atoms with van der Waals surface area (Å²) in [5.41, 5.74) is 0.545. The zero-order chi connectivity index (χ0) is 17.9. The van der Waals surface area contributed by atoms with Gasteiger partial charge in [0.25, 0.3) is 0 Å². The Bertz CT molecular complexity index is 941. The smallest absolute Gasteiger partial charge is 0.243 e. The van der Waals surface area contributed by atoms with Crippen LogP contribution in [0.4, 0.5) is 4.39 Å². The van der Waals surface area contributed by atoms with Gasteiger partial charge in [-0.2, -0.15) is 4.31 Å². The van der Waals surface area contributed by atoms with Crippen molar-refractivity contribution in [2.45, 2.75) is 18.0 Å². The zero-order valence-electron chi connectivity index (χ0n) is 13.1. The van der Waals surface area contributed by atoms with Crippen LogP contribution in [0, 0.1) is 5.82 Å². The minimum atomic E-state index is -3.81. The van der Waals surface area contributed by atoms with Gasteiger partial charge < -0.3 is 4.42 Å². The van der Waals surface area contributed by atoms with Crippen molar-refractivity contribution in [2.75, 3.05) is 0 Å². The second kappa shape index (κ2) is 7.39. The summed E-state index contributed by atoms with van der Waals surface area (Å²) in [6.45, 7) is 0.0535. The highest BCUT2D eigenvalue weighted by atomic mass is 35.5. The summed E-state index contributed by atoms with van der Waals surface area (Å²) in [5, 5.41) is 0.446. The molecule has 4 nitrogen and oxygen atoms in total. The van der Waals surface area contributed by atoms with Gasteiger partial charge in [-0.25, -0.2) is 12.8 Å². The van der Waals surface area contributed by atoms with Gasteiger partial charge in [0.2, 0.25) is 10.0 Å². The lowest BCUT2D eigenvalue weighted by molar-refractivity contribution is 0.358. The summed E-state index contributed by atoms with van der Waals surface area (Å²) in [7, 11) is -3.81. The zero-order valence-corrected chi connectivity index (χ0v) is 14.7. The third-order valence-corrected chi connectivity index (χ3v) is 5.67. The molecule has 0 N–H and O–H groups in total. The quantitative estimate of drug-likeness (QED) is 0.635. The first-order valence-corrected chi connectivity index (χ1v) is 9.29. The van der Waals surface area contributed by atoms with E-state index >= 15 is 0 Å². The van der Waals surface area contributed by atoms with E-state index in [1.54, 1.807) is 24.3 Å². The highest BCUT2D eigenvalue weighted by Crippen LogP contribution is 2.23. The molecule has 0 fully saturated rings. The fourth-order valence-corrected chi connectivity index (χ4v) is 3.92.